The highest BCUT2D eigenvalue weighted by molar-refractivity contribution is 8.01. The third kappa shape index (κ3) is 5.91. The number of carbonyl (C=O) groups is 1. The number of nitro benzene ring substituents is 1. The summed E-state index contributed by atoms with van der Waals surface area (Å²) in [6.45, 7) is 4.28. The molecule has 11 heteroatoms. The van der Waals surface area contributed by atoms with E-state index < -0.39 is 4.92 Å². The zero-order valence-electron chi connectivity index (χ0n) is 16.1. The van der Waals surface area contributed by atoms with Crippen molar-refractivity contribution in [1.82, 2.24) is 10.2 Å². The van der Waals surface area contributed by atoms with Crippen LogP contribution in [0.3, 0.4) is 0 Å². The Morgan fingerprint density at radius 1 is 1.23 bits per heavy atom. The van der Waals surface area contributed by atoms with E-state index in [1.165, 1.54) is 46.9 Å². The minimum Gasteiger partial charge on any atom is -0.330 e. The quantitative estimate of drug-likeness (QED) is 0.250. The number of non-ortho nitro benzene ring substituents is 1. The largest absolute Gasteiger partial charge is 0.330 e. The van der Waals surface area contributed by atoms with Gasteiger partial charge in [-0.15, -0.1) is 10.2 Å². The van der Waals surface area contributed by atoms with Crippen molar-refractivity contribution in [3.8, 4) is 0 Å². The highest BCUT2D eigenvalue weighted by Crippen LogP contribution is 2.30. The molecule has 156 valence electrons. The number of nitro groups is 1. The molecule has 1 heterocycles. The molecule has 0 fully saturated rings. The number of halogens is 1. The number of hydrogen-bond acceptors (Lipinski definition) is 8. The lowest BCUT2D eigenvalue weighted by atomic mass is 10.0. The molecule has 0 radical (unpaired) electrons. The summed E-state index contributed by atoms with van der Waals surface area (Å²) >= 11 is 8.57. The van der Waals surface area contributed by atoms with E-state index in [9.17, 15) is 14.9 Å². The highest BCUT2D eigenvalue weighted by atomic mass is 35.5. The van der Waals surface area contributed by atoms with E-state index >= 15 is 0 Å². The Kier molecular flexibility index (Phi) is 7.24. The molecule has 0 saturated carbocycles. The van der Waals surface area contributed by atoms with E-state index in [1.54, 1.807) is 0 Å². The zero-order chi connectivity index (χ0) is 21.7. The summed E-state index contributed by atoms with van der Waals surface area (Å²) in [4.78, 5) is 22.4. The van der Waals surface area contributed by atoms with Crippen LogP contribution in [0.1, 0.15) is 25.3 Å². The molecule has 2 aromatic carbocycles. The first-order valence-corrected chi connectivity index (χ1v) is 11.1. The van der Waals surface area contributed by atoms with Crippen molar-refractivity contribution >= 4 is 62.8 Å². The van der Waals surface area contributed by atoms with Gasteiger partial charge < -0.3 is 10.6 Å². The molecular weight excluding hydrogens is 446 g/mol. The van der Waals surface area contributed by atoms with Gasteiger partial charge in [0.2, 0.25) is 11.0 Å². The number of rotatable bonds is 8. The average Bonchev–Trinajstić information content (AvgIpc) is 3.15. The molecule has 0 aliphatic carbocycles. The maximum atomic E-state index is 12.2. The van der Waals surface area contributed by atoms with Gasteiger partial charge >= 0.3 is 0 Å². The molecule has 0 spiro atoms. The maximum absolute atomic E-state index is 12.2. The Balaban J connectivity index is 1.52. The van der Waals surface area contributed by atoms with Gasteiger partial charge in [-0.25, -0.2) is 0 Å². The fourth-order valence-electron chi connectivity index (χ4n) is 2.43. The minimum absolute atomic E-state index is 0.102. The van der Waals surface area contributed by atoms with Crippen LogP contribution in [-0.2, 0) is 4.79 Å². The van der Waals surface area contributed by atoms with Crippen molar-refractivity contribution < 1.29 is 9.72 Å². The molecular formula is C19H18ClN5O3S2. The standard InChI is InChI=1S/C19H18ClN5O3S2/c1-11(2)12-3-5-13(6-4-12)21-18-23-24-19(30-18)29-10-17(26)22-16-8-7-14(25(27)28)9-15(16)20/h3-9,11H,10H2,1-2H3,(H,21,23)(H,22,26). The molecule has 2 N–H and O–H groups in total. The number of amides is 1. The number of hydrogen-bond donors (Lipinski definition) is 2. The monoisotopic (exact) mass is 463 g/mol. The SMILES string of the molecule is CC(C)c1ccc(Nc2nnc(SCC(=O)Nc3ccc([N+](=O)[O-])cc3Cl)s2)cc1. The summed E-state index contributed by atoms with van der Waals surface area (Å²) in [7, 11) is 0. The first-order chi connectivity index (χ1) is 14.3. The van der Waals surface area contributed by atoms with Crippen LogP contribution in [0, 0.1) is 10.1 Å². The Hall–Kier alpha value is -2.69. The lowest BCUT2D eigenvalue weighted by Crippen LogP contribution is -2.14. The summed E-state index contributed by atoms with van der Waals surface area (Å²) in [6, 6.07) is 12.0. The molecule has 30 heavy (non-hydrogen) atoms. The number of anilines is 3. The fraction of sp³-hybridized carbons (Fsp3) is 0.211. The van der Waals surface area contributed by atoms with Gasteiger partial charge in [0.25, 0.3) is 5.69 Å². The summed E-state index contributed by atoms with van der Waals surface area (Å²) in [5, 5.41) is 25.5. The number of nitrogens with zero attached hydrogens (tertiary/aromatic N) is 3. The maximum Gasteiger partial charge on any atom is 0.271 e. The van der Waals surface area contributed by atoms with Gasteiger partial charge in [-0.05, 0) is 29.7 Å². The number of aromatic nitrogens is 2. The van der Waals surface area contributed by atoms with Crippen LogP contribution >= 0.6 is 34.7 Å². The normalized spacial score (nSPS) is 10.8. The predicted molar refractivity (Wildman–Crippen MR) is 121 cm³/mol. The van der Waals surface area contributed by atoms with Gasteiger partial charge in [-0.3, -0.25) is 14.9 Å². The van der Waals surface area contributed by atoms with Crippen molar-refractivity contribution in [2.45, 2.75) is 24.1 Å². The zero-order valence-corrected chi connectivity index (χ0v) is 18.5. The Bertz CT molecular complexity index is 1060. The lowest BCUT2D eigenvalue weighted by Gasteiger charge is -2.07. The molecule has 1 amide bonds. The van der Waals surface area contributed by atoms with E-state index in [0.717, 1.165) is 5.69 Å². The Morgan fingerprint density at radius 2 is 1.97 bits per heavy atom. The van der Waals surface area contributed by atoms with E-state index in [2.05, 4.69) is 46.8 Å². The summed E-state index contributed by atoms with van der Waals surface area (Å²) < 4.78 is 0.640. The summed E-state index contributed by atoms with van der Waals surface area (Å²) in [5.74, 6) is 0.269. The second-order valence-corrected chi connectivity index (χ2v) is 9.14. The van der Waals surface area contributed by atoms with Crippen molar-refractivity contribution in [1.29, 1.82) is 0 Å². The highest BCUT2D eigenvalue weighted by Gasteiger charge is 2.13. The molecule has 3 aromatic rings. The number of nitrogens with one attached hydrogen (secondary N) is 2. The number of thioether (sulfide) groups is 1. The van der Waals surface area contributed by atoms with Crippen molar-refractivity contribution in [3.63, 3.8) is 0 Å². The van der Waals surface area contributed by atoms with E-state index in [0.29, 0.717) is 21.1 Å². The lowest BCUT2D eigenvalue weighted by molar-refractivity contribution is -0.384. The van der Waals surface area contributed by atoms with Crippen molar-refractivity contribution in [3.05, 3.63) is 63.2 Å². The van der Waals surface area contributed by atoms with E-state index in [4.69, 9.17) is 11.6 Å². The minimum atomic E-state index is -0.549. The van der Waals surface area contributed by atoms with Gasteiger partial charge in [-0.1, -0.05) is 60.7 Å². The van der Waals surface area contributed by atoms with Gasteiger partial charge in [-0.2, -0.15) is 0 Å². The third-order valence-corrected chi connectivity index (χ3v) is 6.28. The third-order valence-electron chi connectivity index (χ3n) is 4.00. The van der Waals surface area contributed by atoms with Gasteiger partial charge in [0.15, 0.2) is 4.34 Å². The van der Waals surface area contributed by atoms with E-state index in [1.807, 2.05) is 12.1 Å². The molecule has 0 aliphatic rings. The van der Waals surface area contributed by atoms with Crippen molar-refractivity contribution in [2.24, 2.45) is 0 Å². The van der Waals surface area contributed by atoms with E-state index in [-0.39, 0.29) is 22.4 Å². The fourth-order valence-corrected chi connectivity index (χ4v) is 4.22. The van der Waals surface area contributed by atoms with Gasteiger partial charge in [0.05, 0.1) is 21.4 Å². The van der Waals surface area contributed by atoms with Crippen LogP contribution in [0.15, 0.2) is 46.8 Å². The van der Waals surface area contributed by atoms with Crippen LogP contribution < -0.4 is 10.6 Å². The Labute approximate surface area is 186 Å². The smallest absolute Gasteiger partial charge is 0.271 e. The van der Waals surface area contributed by atoms with Crippen LogP contribution in [0.25, 0.3) is 0 Å². The molecule has 1 aromatic heterocycles. The van der Waals surface area contributed by atoms with Gasteiger partial charge in [0.1, 0.15) is 0 Å². The molecule has 8 nitrogen and oxygen atoms in total. The summed E-state index contributed by atoms with van der Waals surface area (Å²) in [5.41, 5.74) is 2.35. The first-order valence-electron chi connectivity index (χ1n) is 8.89. The molecule has 0 saturated heterocycles. The average molecular weight is 464 g/mol. The second-order valence-electron chi connectivity index (χ2n) is 6.53. The molecule has 0 unspecified atom stereocenters. The second kappa shape index (κ2) is 9.88. The topological polar surface area (TPSA) is 110 Å². The van der Waals surface area contributed by atoms with Crippen molar-refractivity contribution in [2.75, 3.05) is 16.4 Å². The molecule has 0 atom stereocenters. The molecule has 0 aliphatic heterocycles. The number of carbonyl (C=O) groups excluding carboxylic acids is 1. The number of benzene rings is 2. The van der Waals surface area contributed by atoms with Crippen LogP contribution in [0.2, 0.25) is 5.02 Å². The molecule has 3 rings (SSSR count). The van der Waals surface area contributed by atoms with Crippen LogP contribution in [0.4, 0.5) is 22.2 Å². The van der Waals surface area contributed by atoms with Gasteiger partial charge in [0, 0.05) is 17.8 Å². The molecule has 0 bridgehead atoms. The predicted octanol–water partition coefficient (Wildman–Crippen LogP) is 5.70. The first kappa shape index (κ1) is 22.0. The van der Waals surface area contributed by atoms with Crippen LogP contribution in [-0.4, -0.2) is 26.8 Å². The Morgan fingerprint density at radius 3 is 2.60 bits per heavy atom. The van der Waals surface area contributed by atoms with Crippen LogP contribution in [0.5, 0.6) is 0 Å². The summed E-state index contributed by atoms with van der Waals surface area (Å²) in [6.07, 6.45) is 0.